The average Bonchev–Trinajstić information content (AvgIpc) is 2.87. The molecule has 0 bridgehead atoms. The number of benzene rings is 2. The van der Waals surface area contributed by atoms with Crippen LogP contribution in [0.2, 0.25) is 0 Å². The molecule has 1 aliphatic carbocycles. The van der Waals surface area contributed by atoms with Gasteiger partial charge in [0.15, 0.2) is 0 Å². The number of aryl methyl sites for hydroxylation is 1. The van der Waals surface area contributed by atoms with E-state index in [2.05, 4.69) is 80.5 Å². The standard InChI is InChI=1S/C30H41N4S.ClH/c1-6-10-12-18-34(19-13-11-7-2)26-21-28-30(24-16-14-22(5)31-29(24)26)32-25-17-15-23(20-27(25)35-28)33(8-3)9-4;/h14-17,20-21H,6-13,18-19H2,1-5H3;1H/q+1;/p-1. The molecule has 0 radical (unpaired) electrons. The molecule has 2 heterocycles. The van der Waals surface area contributed by atoms with Crippen LogP contribution in [0, 0.1) is 6.92 Å². The Hall–Kier alpha value is -2.24. The van der Waals surface area contributed by atoms with Crippen molar-refractivity contribution >= 4 is 38.1 Å². The minimum atomic E-state index is 0. The Balaban J connectivity index is 0.00000361. The molecular formula is C30H41ClN4S. The number of unbranched alkanes of at least 4 members (excludes halogenated alkanes) is 4. The van der Waals surface area contributed by atoms with Crippen LogP contribution in [0.3, 0.4) is 0 Å². The van der Waals surface area contributed by atoms with E-state index in [0.29, 0.717) is 0 Å². The number of halogens is 1. The number of hydrogen-bond acceptors (Lipinski definition) is 4. The summed E-state index contributed by atoms with van der Waals surface area (Å²) in [6.45, 7) is 15.3. The second-order valence-corrected chi connectivity index (χ2v) is 10.6. The molecule has 0 fully saturated rings. The van der Waals surface area contributed by atoms with Crippen LogP contribution in [0.5, 0.6) is 0 Å². The number of rotatable bonds is 11. The third-order valence-corrected chi connectivity index (χ3v) is 8.04. The maximum absolute atomic E-state index is 5.17. The smallest absolute Gasteiger partial charge is 0.228 e. The van der Waals surface area contributed by atoms with E-state index in [1.54, 1.807) is 0 Å². The predicted molar refractivity (Wildman–Crippen MR) is 154 cm³/mol. The maximum Gasteiger partial charge on any atom is 0.228 e. The summed E-state index contributed by atoms with van der Waals surface area (Å²) < 4.78 is 3.85. The van der Waals surface area contributed by atoms with Crippen molar-refractivity contribution in [2.24, 2.45) is 0 Å². The molecule has 0 N–H and O–H groups in total. The summed E-state index contributed by atoms with van der Waals surface area (Å²) in [5, 5.41) is 2.45. The van der Waals surface area contributed by atoms with Gasteiger partial charge in [0.1, 0.15) is 18.6 Å². The molecule has 0 spiro atoms. The van der Waals surface area contributed by atoms with Crippen molar-refractivity contribution in [3.63, 3.8) is 0 Å². The monoisotopic (exact) mass is 524 g/mol. The average molecular weight is 525 g/mol. The van der Waals surface area contributed by atoms with Crippen LogP contribution in [0.4, 0.5) is 5.69 Å². The van der Waals surface area contributed by atoms with Gasteiger partial charge < -0.3 is 17.3 Å². The van der Waals surface area contributed by atoms with Crippen LogP contribution in [0.1, 0.15) is 71.9 Å². The fraction of sp³-hybridized carbons (Fsp3) is 0.500. The van der Waals surface area contributed by atoms with Crippen molar-refractivity contribution < 1.29 is 12.4 Å². The highest BCUT2D eigenvalue weighted by atomic mass is 35.5. The second kappa shape index (κ2) is 13.3. The number of hydrogen-bond donors (Lipinski definition) is 0. The highest BCUT2D eigenvalue weighted by Gasteiger charge is 2.19. The minimum absolute atomic E-state index is 0. The van der Waals surface area contributed by atoms with Gasteiger partial charge in [-0.25, -0.2) is 14.5 Å². The van der Waals surface area contributed by atoms with E-state index >= 15 is 0 Å². The molecule has 36 heavy (non-hydrogen) atoms. The molecule has 1 aromatic heterocycles. The summed E-state index contributed by atoms with van der Waals surface area (Å²) in [4.78, 5) is 13.9. The van der Waals surface area contributed by atoms with E-state index in [4.69, 9.17) is 9.97 Å². The van der Waals surface area contributed by atoms with Gasteiger partial charge in [0.05, 0.1) is 20.8 Å². The van der Waals surface area contributed by atoms with Crippen LogP contribution in [-0.2, 0) is 0 Å². The lowest BCUT2D eigenvalue weighted by Gasteiger charge is -2.21. The van der Waals surface area contributed by atoms with Crippen LogP contribution < -0.4 is 27.2 Å². The number of anilines is 1. The zero-order chi connectivity index (χ0) is 24.8. The van der Waals surface area contributed by atoms with Crippen molar-refractivity contribution in [2.45, 2.75) is 73.1 Å². The number of pyridine rings is 1. The van der Waals surface area contributed by atoms with Crippen molar-refractivity contribution in [3.05, 3.63) is 47.4 Å². The lowest BCUT2D eigenvalue weighted by Crippen LogP contribution is -3.00. The summed E-state index contributed by atoms with van der Waals surface area (Å²) in [6, 6.07) is 13.4. The summed E-state index contributed by atoms with van der Waals surface area (Å²) in [5.74, 6) is 0. The molecule has 0 amide bonds. The van der Waals surface area contributed by atoms with Crippen LogP contribution in [0.15, 0.2) is 36.4 Å². The molecule has 4 nitrogen and oxygen atoms in total. The van der Waals surface area contributed by atoms with E-state index in [0.717, 1.165) is 48.6 Å². The first-order valence-corrected chi connectivity index (χ1v) is 14.4. The van der Waals surface area contributed by atoms with E-state index < -0.39 is 0 Å². The fourth-order valence-corrected chi connectivity index (χ4v) is 5.99. The third kappa shape index (κ3) is 6.18. The molecule has 4 rings (SSSR count). The summed E-state index contributed by atoms with van der Waals surface area (Å²) >= 11 is 1.87. The van der Waals surface area contributed by atoms with Gasteiger partial charge in [0.25, 0.3) is 0 Å². The van der Waals surface area contributed by atoms with E-state index in [9.17, 15) is 0 Å². The molecule has 194 valence electrons. The Kier molecular flexibility index (Phi) is 10.5. The highest BCUT2D eigenvalue weighted by Crippen LogP contribution is 2.35. The van der Waals surface area contributed by atoms with Gasteiger partial charge in [-0.15, -0.1) is 11.3 Å². The Morgan fingerprint density at radius 1 is 0.833 bits per heavy atom. The summed E-state index contributed by atoms with van der Waals surface area (Å²) in [6.07, 6.45) is 7.47. The fourth-order valence-electron chi connectivity index (χ4n) is 4.93. The quantitative estimate of drug-likeness (QED) is 0.127. The molecule has 1 aliphatic heterocycles. The molecule has 2 aliphatic rings. The normalized spacial score (nSPS) is 11.2. The highest BCUT2D eigenvalue weighted by molar-refractivity contribution is 7.21. The van der Waals surface area contributed by atoms with Crippen LogP contribution in [0.25, 0.3) is 31.7 Å². The zero-order valence-electron chi connectivity index (χ0n) is 22.6. The molecule has 6 heteroatoms. The first kappa shape index (κ1) is 28.3. The molecule has 0 atom stereocenters. The first-order chi connectivity index (χ1) is 17.1. The summed E-state index contributed by atoms with van der Waals surface area (Å²) in [5.41, 5.74) is 5.58. The van der Waals surface area contributed by atoms with Crippen molar-refractivity contribution in [3.8, 4) is 10.6 Å². The van der Waals surface area contributed by atoms with Gasteiger partial charge in [-0.1, -0.05) is 26.7 Å². The number of aromatic nitrogens is 2. The van der Waals surface area contributed by atoms with Crippen LogP contribution >= 0.6 is 11.3 Å². The van der Waals surface area contributed by atoms with Crippen LogP contribution in [-0.4, -0.2) is 36.1 Å². The molecule has 0 unspecified atom stereocenters. The Labute approximate surface area is 226 Å². The lowest BCUT2D eigenvalue weighted by molar-refractivity contribution is -0.00000741. The molecular weight excluding hydrogens is 484 g/mol. The largest absolute Gasteiger partial charge is 1.00 e. The van der Waals surface area contributed by atoms with E-state index in [1.165, 1.54) is 64.5 Å². The SMILES string of the molecule is CCCCC[N+](CCCCC)=c1cc2sc3cc(N(CC)CC)ccc3nc-2c2ccc(C)nc12.[Cl-]. The molecule has 0 saturated carbocycles. The Morgan fingerprint density at radius 2 is 1.53 bits per heavy atom. The lowest BCUT2D eigenvalue weighted by atomic mass is 10.1. The number of nitrogens with zero attached hydrogens (tertiary/aromatic N) is 4. The Morgan fingerprint density at radius 3 is 2.17 bits per heavy atom. The minimum Gasteiger partial charge on any atom is -1.00 e. The van der Waals surface area contributed by atoms with E-state index in [1.807, 2.05) is 11.3 Å². The topological polar surface area (TPSA) is 32.0 Å². The van der Waals surface area contributed by atoms with Crippen molar-refractivity contribution in [2.75, 3.05) is 31.1 Å². The van der Waals surface area contributed by atoms with Crippen molar-refractivity contribution in [1.29, 1.82) is 0 Å². The van der Waals surface area contributed by atoms with E-state index in [-0.39, 0.29) is 12.4 Å². The van der Waals surface area contributed by atoms with Gasteiger partial charge in [0.2, 0.25) is 5.36 Å². The first-order valence-electron chi connectivity index (χ1n) is 13.6. The van der Waals surface area contributed by atoms with Crippen molar-refractivity contribution in [1.82, 2.24) is 14.5 Å². The van der Waals surface area contributed by atoms with Gasteiger partial charge >= 0.3 is 0 Å². The second-order valence-electron chi connectivity index (χ2n) is 9.53. The zero-order valence-corrected chi connectivity index (χ0v) is 24.2. The van der Waals surface area contributed by atoms with Gasteiger partial charge in [-0.05, 0) is 63.9 Å². The van der Waals surface area contributed by atoms with Gasteiger partial charge in [-0.3, -0.25) is 0 Å². The number of fused-ring (bicyclic) bond motifs is 4. The third-order valence-electron chi connectivity index (χ3n) is 6.96. The molecule has 2 aromatic rings. The van der Waals surface area contributed by atoms with Gasteiger partial charge in [0, 0.05) is 48.8 Å². The summed E-state index contributed by atoms with van der Waals surface area (Å²) in [7, 11) is 0. The predicted octanol–water partition coefficient (Wildman–Crippen LogP) is 4.26. The Bertz CT molecular complexity index is 1310. The molecule has 1 aromatic carbocycles. The molecule has 0 saturated heterocycles. The van der Waals surface area contributed by atoms with Gasteiger partial charge in [-0.2, -0.15) is 0 Å². The maximum atomic E-state index is 5.17.